The third-order valence-electron chi connectivity index (χ3n) is 6.53. The van der Waals surface area contributed by atoms with Crippen LogP contribution in [0.4, 0.5) is 4.79 Å². The number of H-pyrrole nitrogens is 1. The van der Waals surface area contributed by atoms with Gasteiger partial charge in [-0.25, -0.2) is 9.78 Å². The van der Waals surface area contributed by atoms with Crippen molar-refractivity contribution < 1.29 is 14.4 Å². The second-order valence-corrected chi connectivity index (χ2v) is 8.51. The lowest BCUT2D eigenvalue weighted by Crippen LogP contribution is -2.43. The summed E-state index contributed by atoms with van der Waals surface area (Å²) in [6.45, 7) is 0.165. The van der Waals surface area contributed by atoms with Gasteiger partial charge in [-0.05, 0) is 30.4 Å². The van der Waals surface area contributed by atoms with E-state index < -0.39 is 12.1 Å². The van der Waals surface area contributed by atoms with Crippen LogP contribution < -0.4 is 5.32 Å². The first-order chi connectivity index (χ1) is 15.1. The van der Waals surface area contributed by atoms with Gasteiger partial charge in [-0.1, -0.05) is 18.2 Å². The minimum atomic E-state index is -0.673. The minimum Gasteiger partial charge on any atom is -0.361 e. The number of benzene rings is 1. The Bertz CT molecular complexity index is 1210. The molecule has 6 rings (SSSR count). The highest BCUT2D eigenvalue weighted by Gasteiger charge is 2.46. The fraction of sp³-hybridized carbons (Fsp3) is 0.364. The maximum atomic E-state index is 13.1. The number of imide groups is 1. The molecule has 9 heteroatoms. The predicted molar refractivity (Wildman–Crippen MR) is 111 cm³/mol. The van der Waals surface area contributed by atoms with Gasteiger partial charge in [-0.3, -0.25) is 14.5 Å². The van der Waals surface area contributed by atoms with Gasteiger partial charge >= 0.3 is 6.03 Å². The first-order valence-corrected chi connectivity index (χ1v) is 10.6. The van der Waals surface area contributed by atoms with Crippen LogP contribution in [-0.4, -0.2) is 54.8 Å². The van der Waals surface area contributed by atoms with Crippen LogP contribution in [0.5, 0.6) is 0 Å². The van der Waals surface area contributed by atoms with Gasteiger partial charge in [0, 0.05) is 35.9 Å². The first kappa shape index (κ1) is 18.2. The highest BCUT2D eigenvalue weighted by atomic mass is 16.2. The maximum Gasteiger partial charge on any atom is 0.325 e. The van der Waals surface area contributed by atoms with Gasteiger partial charge in [0.1, 0.15) is 24.6 Å². The number of carbonyl (C=O) groups is 3. The summed E-state index contributed by atoms with van der Waals surface area (Å²) in [6.07, 6.45) is 7.97. The predicted octanol–water partition coefficient (Wildman–Crippen LogP) is 1.78. The summed E-state index contributed by atoms with van der Waals surface area (Å²) in [5, 5.41) is 3.77. The van der Waals surface area contributed by atoms with Gasteiger partial charge < -0.3 is 19.8 Å². The number of amides is 4. The topological polar surface area (TPSA) is 103 Å². The van der Waals surface area contributed by atoms with E-state index in [1.54, 1.807) is 11.1 Å². The molecule has 1 saturated carbocycles. The summed E-state index contributed by atoms with van der Waals surface area (Å²) in [6, 6.07) is 6.65. The molecular weight excluding hydrogens is 396 g/mol. The summed E-state index contributed by atoms with van der Waals surface area (Å²) >= 11 is 0. The van der Waals surface area contributed by atoms with E-state index in [1.165, 1.54) is 0 Å². The molecule has 31 heavy (non-hydrogen) atoms. The number of rotatable bonds is 5. The van der Waals surface area contributed by atoms with Crippen LogP contribution in [0, 0.1) is 5.92 Å². The molecule has 2 aromatic heterocycles. The average molecular weight is 418 g/mol. The number of fused-ring (bicyclic) bond motifs is 2. The van der Waals surface area contributed by atoms with Crippen LogP contribution in [0.25, 0.3) is 10.9 Å². The summed E-state index contributed by atoms with van der Waals surface area (Å²) in [5.74, 6) is 0.680. The third kappa shape index (κ3) is 2.91. The molecule has 1 aromatic carbocycles. The Balaban J connectivity index is 1.17. The second kappa shape index (κ2) is 6.69. The maximum absolute atomic E-state index is 13.1. The molecule has 3 aromatic rings. The van der Waals surface area contributed by atoms with Crippen molar-refractivity contribution in [2.75, 3.05) is 6.54 Å². The van der Waals surface area contributed by atoms with E-state index in [-0.39, 0.29) is 24.5 Å². The standard InChI is InChI=1S/C22H22N6O3/c29-19(27-11-18-23-7-8-26(18)20(27)13-5-6-13)12-28-21(30)17(25-22(28)31)9-14-10-24-16-4-2-1-3-15(14)16/h1-4,7-8,10,13,17,20,24H,5-6,9,11-12H2,(H,25,31). The molecule has 1 aliphatic carbocycles. The molecule has 0 spiro atoms. The zero-order valence-electron chi connectivity index (χ0n) is 16.8. The van der Waals surface area contributed by atoms with Crippen molar-refractivity contribution in [2.24, 2.45) is 5.92 Å². The Morgan fingerprint density at radius 2 is 2.03 bits per heavy atom. The Labute approximate surface area is 178 Å². The quantitative estimate of drug-likeness (QED) is 0.617. The van der Waals surface area contributed by atoms with E-state index >= 15 is 0 Å². The fourth-order valence-corrected chi connectivity index (χ4v) is 4.83. The van der Waals surface area contributed by atoms with Gasteiger partial charge in [-0.2, -0.15) is 0 Å². The number of nitrogens with zero attached hydrogens (tertiary/aromatic N) is 4. The van der Waals surface area contributed by atoms with E-state index in [9.17, 15) is 14.4 Å². The van der Waals surface area contributed by atoms with Gasteiger partial charge in [0.25, 0.3) is 5.91 Å². The highest BCUT2D eigenvalue weighted by molar-refractivity contribution is 6.06. The van der Waals surface area contributed by atoms with E-state index in [0.29, 0.717) is 18.9 Å². The van der Waals surface area contributed by atoms with Crippen molar-refractivity contribution in [3.05, 3.63) is 54.2 Å². The molecule has 2 N–H and O–H groups in total. The molecule has 4 heterocycles. The zero-order chi connectivity index (χ0) is 21.1. The summed E-state index contributed by atoms with van der Waals surface area (Å²) < 4.78 is 2.04. The van der Waals surface area contributed by atoms with Gasteiger partial charge in [0.15, 0.2) is 0 Å². The van der Waals surface area contributed by atoms with Gasteiger partial charge in [0.2, 0.25) is 5.91 Å². The van der Waals surface area contributed by atoms with Crippen LogP contribution in [0.2, 0.25) is 0 Å². The normalized spacial score (nSPS) is 23.0. The van der Waals surface area contributed by atoms with Gasteiger partial charge in [-0.15, -0.1) is 0 Å². The molecule has 0 bridgehead atoms. The molecule has 1 saturated heterocycles. The average Bonchev–Trinajstić information content (AvgIpc) is 3.08. The van der Waals surface area contributed by atoms with Gasteiger partial charge in [0.05, 0.1) is 6.54 Å². The van der Waals surface area contributed by atoms with Crippen molar-refractivity contribution in [2.45, 2.75) is 38.0 Å². The zero-order valence-corrected chi connectivity index (χ0v) is 16.8. The van der Waals surface area contributed by atoms with E-state index in [2.05, 4.69) is 15.3 Å². The van der Waals surface area contributed by atoms with Crippen molar-refractivity contribution in [1.82, 2.24) is 29.7 Å². The van der Waals surface area contributed by atoms with Crippen LogP contribution in [-0.2, 0) is 22.6 Å². The van der Waals surface area contributed by atoms with Crippen molar-refractivity contribution >= 4 is 28.7 Å². The number of nitrogens with one attached hydrogen (secondary N) is 2. The van der Waals surface area contributed by atoms with Crippen LogP contribution in [0.15, 0.2) is 42.9 Å². The molecule has 2 aliphatic heterocycles. The highest BCUT2D eigenvalue weighted by Crippen LogP contribution is 2.45. The SMILES string of the molecule is O=C1NC(Cc2c[nH]c3ccccc23)C(=O)N1CC(=O)N1Cc2nccn2C1C1CC1. The molecule has 158 valence electrons. The lowest BCUT2D eigenvalue weighted by Gasteiger charge is -2.26. The number of aromatic nitrogens is 3. The number of hydrogen-bond acceptors (Lipinski definition) is 4. The smallest absolute Gasteiger partial charge is 0.325 e. The van der Waals surface area contributed by atoms with Crippen LogP contribution in [0.3, 0.4) is 0 Å². The lowest BCUT2D eigenvalue weighted by molar-refractivity contribution is -0.140. The largest absolute Gasteiger partial charge is 0.361 e. The third-order valence-corrected chi connectivity index (χ3v) is 6.53. The van der Waals surface area contributed by atoms with Crippen molar-refractivity contribution in [3.8, 4) is 0 Å². The molecule has 3 aliphatic rings. The van der Waals surface area contributed by atoms with Crippen LogP contribution in [0.1, 0.15) is 30.4 Å². The van der Waals surface area contributed by atoms with Crippen molar-refractivity contribution in [3.63, 3.8) is 0 Å². The number of aromatic amines is 1. The Kier molecular flexibility index (Phi) is 3.92. The minimum absolute atomic E-state index is 0.0622. The van der Waals surface area contributed by atoms with Crippen molar-refractivity contribution in [1.29, 1.82) is 0 Å². The fourth-order valence-electron chi connectivity index (χ4n) is 4.83. The molecule has 9 nitrogen and oxygen atoms in total. The molecular formula is C22H22N6O3. The Morgan fingerprint density at radius 1 is 1.19 bits per heavy atom. The first-order valence-electron chi connectivity index (χ1n) is 10.6. The molecule has 2 atom stereocenters. The van der Waals surface area contributed by atoms with E-state index in [1.807, 2.05) is 41.2 Å². The number of para-hydroxylation sites is 1. The molecule has 2 fully saturated rings. The molecule has 4 amide bonds. The molecule has 0 radical (unpaired) electrons. The second-order valence-electron chi connectivity index (χ2n) is 8.51. The Morgan fingerprint density at radius 3 is 2.87 bits per heavy atom. The van der Waals surface area contributed by atoms with E-state index in [0.717, 1.165) is 40.0 Å². The Hall–Kier alpha value is -3.62. The summed E-state index contributed by atoms with van der Waals surface area (Å²) in [7, 11) is 0. The number of carbonyl (C=O) groups excluding carboxylic acids is 3. The van der Waals surface area contributed by atoms with Crippen LogP contribution >= 0.6 is 0 Å². The van der Waals surface area contributed by atoms with E-state index in [4.69, 9.17) is 0 Å². The lowest BCUT2D eigenvalue weighted by atomic mass is 10.1. The number of imidazole rings is 1. The molecule has 2 unspecified atom stereocenters. The number of urea groups is 1. The monoisotopic (exact) mass is 418 g/mol. The summed E-state index contributed by atoms with van der Waals surface area (Å²) in [5.41, 5.74) is 1.94. The summed E-state index contributed by atoms with van der Waals surface area (Å²) in [4.78, 5) is 48.9. The number of hydrogen-bond donors (Lipinski definition) is 2.